The first-order chi connectivity index (χ1) is 10.1. The smallest absolute Gasteiger partial charge is 0.206 e. The van der Waals surface area contributed by atoms with Crippen LogP contribution in [0.15, 0.2) is 36.4 Å². The number of nitrogen functional groups attached to an aromatic ring is 1. The number of nitrogens with two attached hydrogens (primary N) is 1. The lowest BCUT2D eigenvalue weighted by molar-refractivity contribution is 0.413. The van der Waals surface area contributed by atoms with Gasteiger partial charge in [-0.25, -0.2) is 4.98 Å². The molecule has 0 fully saturated rings. The van der Waals surface area contributed by atoms with Gasteiger partial charge in [0.15, 0.2) is 0 Å². The van der Waals surface area contributed by atoms with E-state index in [1.54, 1.807) is 48.1 Å². The van der Waals surface area contributed by atoms with Gasteiger partial charge in [0.1, 0.15) is 5.75 Å². The Hall–Kier alpha value is -2.71. The molecule has 104 valence electrons. The number of fused-ring (bicyclic) bond motifs is 1. The van der Waals surface area contributed by atoms with Crippen LogP contribution in [0.4, 0.5) is 5.95 Å². The van der Waals surface area contributed by atoms with E-state index >= 15 is 0 Å². The van der Waals surface area contributed by atoms with Gasteiger partial charge in [-0.3, -0.25) is 4.57 Å². The molecule has 6 heteroatoms. The van der Waals surface area contributed by atoms with Crippen molar-refractivity contribution < 1.29 is 4.74 Å². The Morgan fingerprint density at radius 1 is 1.29 bits per heavy atom. The van der Waals surface area contributed by atoms with Crippen LogP contribution in [0.1, 0.15) is 5.56 Å². The summed E-state index contributed by atoms with van der Waals surface area (Å²) in [6, 6.07) is 12.6. The number of anilines is 1. The van der Waals surface area contributed by atoms with Gasteiger partial charge in [0, 0.05) is 11.1 Å². The number of benzene rings is 2. The highest BCUT2D eigenvalue weighted by molar-refractivity contribution is 6.31. The summed E-state index contributed by atoms with van der Waals surface area (Å²) in [6.45, 7) is 0. The zero-order chi connectivity index (χ0) is 15.0. The topological polar surface area (TPSA) is 76.9 Å². The van der Waals surface area contributed by atoms with E-state index in [1.807, 2.05) is 0 Å². The Kier molecular flexibility index (Phi) is 3.16. The average molecular weight is 299 g/mol. The summed E-state index contributed by atoms with van der Waals surface area (Å²) in [7, 11) is 1.54. The van der Waals surface area contributed by atoms with Gasteiger partial charge >= 0.3 is 0 Å². The molecule has 0 unspecified atom stereocenters. The second-order valence-corrected chi connectivity index (χ2v) is 4.87. The highest BCUT2D eigenvalue weighted by Gasteiger charge is 2.14. The first kappa shape index (κ1) is 13.3. The molecule has 1 aromatic heterocycles. The van der Waals surface area contributed by atoms with Crippen molar-refractivity contribution in [1.82, 2.24) is 9.55 Å². The van der Waals surface area contributed by atoms with Crippen molar-refractivity contribution in [2.45, 2.75) is 0 Å². The normalized spacial score (nSPS) is 10.5. The van der Waals surface area contributed by atoms with Crippen LogP contribution in [0.3, 0.4) is 0 Å². The molecule has 0 saturated heterocycles. The molecule has 0 radical (unpaired) electrons. The van der Waals surface area contributed by atoms with Crippen molar-refractivity contribution >= 4 is 28.6 Å². The third-order valence-electron chi connectivity index (χ3n) is 3.19. The lowest BCUT2D eigenvalue weighted by atomic mass is 10.2. The molecular weight excluding hydrogens is 288 g/mol. The lowest BCUT2D eigenvalue weighted by Gasteiger charge is -2.12. The molecule has 0 saturated carbocycles. The fraction of sp³-hybridized carbons (Fsp3) is 0.0667. The maximum Gasteiger partial charge on any atom is 0.206 e. The van der Waals surface area contributed by atoms with Crippen LogP contribution in [0.5, 0.6) is 5.75 Å². The molecule has 3 aromatic rings. The first-order valence-corrected chi connectivity index (χ1v) is 6.54. The lowest BCUT2D eigenvalue weighted by Crippen LogP contribution is -2.03. The number of rotatable bonds is 2. The van der Waals surface area contributed by atoms with Gasteiger partial charge in [-0.15, -0.1) is 0 Å². The highest BCUT2D eigenvalue weighted by atomic mass is 35.5. The zero-order valence-electron chi connectivity index (χ0n) is 11.2. The fourth-order valence-corrected chi connectivity index (χ4v) is 2.42. The summed E-state index contributed by atoms with van der Waals surface area (Å²) in [5.41, 5.74) is 8.76. The maximum absolute atomic E-state index is 8.97. The Morgan fingerprint density at radius 2 is 2.10 bits per heavy atom. The van der Waals surface area contributed by atoms with Gasteiger partial charge in [-0.2, -0.15) is 5.26 Å². The molecule has 2 N–H and O–H groups in total. The van der Waals surface area contributed by atoms with Crippen molar-refractivity contribution in [1.29, 1.82) is 5.26 Å². The van der Waals surface area contributed by atoms with E-state index in [-0.39, 0.29) is 0 Å². The molecule has 0 aliphatic carbocycles. The van der Waals surface area contributed by atoms with Gasteiger partial charge in [0.2, 0.25) is 5.95 Å². The molecule has 1 heterocycles. The van der Waals surface area contributed by atoms with E-state index < -0.39 is 0 Å². The first-order valence-electron chi connectivity index (χ1n) is 6.16. The quantitative estimate of drug-likeness (QED) is 0.788. The van der Waals surface area contributed by atoms with Crippen LogP contribution in [-0.4, -0.2) is 16.7 Å². The molecule has 0 atom stereocenters. The van der Waals surface area contributed by atoms with Gasteiger partial charge in [-0.1, -0.05) is 11.6 Å². The third kappa shape index (κ3) is 2.16. The third-order valence-corrected chi connectivity index (χ3v) is 3.43. The Labute approximate surface area is 126 Å². The van der Waals surface area contributed by atoms with Crippen molar-refractivity contribution in [2.75, 3.05) is 12.8 Å². The van der Waals surface area contributed by atoms with Crippen molar-refractivity contribution in [2.24, 2.45) is 0 Å². The molecule has 5 nitrogen and oxygen atoms in total. The summed E-state index contributed by atoms with van der Waals surface area (Å²) >= 11 is 6.05. The number of halogens is 1. The van der Waals surface area contributed by atoms with E-state index in [1.165, 1.54) is 0 Å². The standard InChI is InChI=1S/C15H11ClN4O/c1-21-14-6-9(8-17)2-5-12(14)20-13-7-10(16)3-4-11(13)19-15(20)18/h2-7H,1H3,(H2,18,19). The number of hydrogen-bond acceptors (Lipinski definition) is 4. The van der Waals surface area contributed by atoms with Crippen molar-refractivity contribution in [3.05, 3.63) is 47.0 Å². The summed E-state index contributed by atoms with van der Waals surface area (Å²) in [5.74, 6) is 0.871. The van der Waals surface area contributed by atoms with Crippen LogP contribution >= 0.6 is 11.6 Å². The van der Waals surface area contributed by atoms with Crippen molar-refractivity contribution in [3.63, 3.8) is 0 Å². The molecular formula is C15H11ClN4O. The number of nitrogens with zero attached hydrogens (tertiary/aromatic N) is 3. The zero-order valence-corrected chi connectivity index (χ0v) is 11.9. The van der Waals surface area contributed by atoms with Crippen LogP contribution < -0.4 is 10.5 Å². The van der Waals surface area contributed by atoms with Crippen LogP contribution in [-0.2, 0) is 0 Å². The summed E-state index contributed by atoms with van der Waals surface area (Å²) in [6.07, 6.45) is 0. The predicted molar refractivity (Wildman–Crippen MR) is 81.8 cm³/mol. The number of ether oxygens (including phenoxy) is 1. The van der Waals surface area contributed by atoms with Gasteiger partial charge in [0.25, 0.3) is 0 Å². The molecule has 2 aromatic carbocycles. The monoisotopic (exact) mass is 298 g/mol. The number of nitriles is 1. The number of aromatic nitrogens is 2. The Morgan fingerprint density at radius 3 is 2.81 bits per heavy atom. The number of imidazole rings is 1. The molecule has 0 aliphatic rings. The largest absolute Gasteiger partial charge is 0.495 e. The van der Waals surface area contributed by atoms with E-state index in [4.69, 9.17) is 27.3 Å². The van der Waals surface area contributed by atoms with Gasteiger partial charge in [-0.05, 0) is 30.3 Å². The number of methoxy groups -OCH3 is 1. The summed E-state index contributed by atoms with van der Waals surface area (Å²) in [4.78, 5) is 4.31. The minimum atomic E-state index is 0.329. The van der Waals surface area contributed by atoms with E-state index in [0.29, 0.717) is 28.0 Å². The maximum atomic E-state index is 8.97. The minimum absolute atomic E-state index is 0.329. The van der Waals surface area contributed by atoms with Gasteiger partial charge in [0.05, 0.1) is 35.5 Å². The Bertz CT molecular complexity index is 879. The van der Waals surface area contributed by atoms with E-state index in [0.717, 1.165) is 11.0 Å². The van der Waals surface area contributed by atoms with Crippen LogP contribution in [0, 0.1) is 11.3 Å². The van der Waals surface area contributed by atoms with Crippen molar-refractivity contribution in [3.8, 4) is 17.5 Å². The molecule has 21 heavy (non-hydrogen) atoms. The number of hydrogen-bond donors (Lipinski definition) is 1. The second-order valence-electron chi connectivity index (χ2n) is 4.44. The van der Waals surface area contributed by atoms with E-state index in [2.05, 4.69) is 11.1 Å². The summed E-state index contributed by atoms with van der Waals surface area (Å²) < 4.78 is 7.11. The minimum Gasteiger partial charge on any atom is -0.495 e. The predicted octanol–water partition coefficient (Wildman–Crippen LogP) is 3.14. The van der Waals surface area contributed by atoms with Crippen LogP contribution in [0.25, 0.3) is 16.7 Å². The SMILES string of the molecule is COc1cc(C#N)ccc1-n1c(N)nc2ccc(Cl)cc21. The molecule has 0 amide bonds. The molecule has 0 bridgehead atoms. The summed E-state index contributed by atoms with van der Waals surface area (Å²) in [5, 5.41) is 9.57. The van der Waals surface area contributed by atoms with Crippen LogP contribution in [0.2, 0.25) is 5.02 Å². The van der Waals surface area contributed by atoms with E-state index in [9.17, 15) is 0 Å². The van der Waals surface area contributed by atoms with Gasteiger partial charge < -0.3 is 10.5 Å². The Balaban J connectivity index is 2.32. The molecule has 3 rings (SSSR count). The fourth-order valence-electron chi connectivity index (χ4n) is 2.25. The second kappa shape index (κ2) is 5.00. The highest BCUT2D eigenvalue weighted by Crippen LogP contribution is 2.31. The molecule has 0 spiro atoms. The average Bonchev–Trinajstić information content (AvgIpc) is 2.81. The molecule has 0 aliphatic heterocycles.